The number of aromatic nitrogens is 2. The summed E-state index contributed by atoms with van der Waals surface area (Å²) in [5, 5.41) is 4.30. The molecule has 0 amide bonds. The first-order chi connectivity index (χ1) is 10.6. The van der Waals surface area contributed by atoms with E-state index in [1.165, 1.54) is 0 Å². The molecule has 2 aromatic rings. The van der Waals surface area contributed by atoms with E-state index < -0.39 is 5.97 Å². The molecule has 0 radical (unpaired) electrons. The largest absolute Gasteiger partial charge is 0.497 e. The molecule has 0 unspecified atom stereocenters. The molecule has 0 aliphatic heterocycles. The first-order valence-corrected chi connectivity index (χ1v) is 7.11. The number of nitrogens with zero attached hydrogens (tertiary/aromatic N) is 2. The second kappa shape index (κ2) is 6.98. The number of hydrogen-bond donors (Lipinski definition) is 0. The molecule has 6 heteroatoms. The fraction of sp³-hybridized carbons (Fsp3) is 0.375. The molecule has 0 aliphatic carbocycles. The molecule has 118 valence electrons. The van der Waals surface area contributed by atoms with Crippen LogP contribution in [0.3, 0.4) is 0 Å². The topological polar surface area (TPSA) is 62.6 Å². The Morgan fingerprint density at radius 2 is 1.95 bits per heavy atom. The molecule has 1 aromatic heterocycles. The van der Waals surface area contributed by atoms with Gasteiger partial charge in [0.15, 0.2) is 5.69 Å². The molecule has 6 nitrogen and oxygen atoms in total. The van der Waals surface area contributed by atoms with E-state index in [9.17, 15) is 4.79 Å². The summed E-state index contributed by atoms with van der Waals surface area (Å²) < 4.78 is 17.4. The third-order valence-corrected chi connectivity index (χ3v) is 3.25. The molecule has 0 saturated heterocycles. The smallest absolute Gasteiger partial charge is 0.358 e. The van der Waals surface area contributed by atoms with Crippen molar-refractivity contribution in [3.63, 3.8) is 0 Å². The van der Waals surface area contributed by atoms with Crippen LogP contribution >= 0.6 is 0 Å². The van der Waals surface area contributed by atoms with Crippen LogP contribution in [-0.2, 0) is 11.3 Å². The van der Waals surface area contributed by atoms with Gasteiger partial charge in [-0.15, -0.1) is 0 Å². The quantitative estimate of drug-likeness (QED) is 0.768. The normalized spacial score (nSPS) is 10.4. The second-order valence-electron chi connectivity index (χ2n) is 4.52. The van der Waals surface area contributed by atoms with Crippen LogP contribution in [0.2, 0.25) is 0 Å². The van der Waals surface area contributed by atoms with E-state index in [0.29, 0.717) is 24.7 Å². The van der Waals surface area contributed by atoms with Gasteiger partial charge in [0.1, 0.15) is 11.5 Å². The van der Waals surface area contributed by atoms with Crippen molar-refractivity contribution in [2.24, 2.45) is 0 Å². The molecule has 0 N–H and O–H groups in total. The predicted octanol–water partition coefficient (Wildman–Crippen LogP) is 2.76. The van der Waals surface area contributed by atoms with Crippen molar-refractivity contribution in [2.45, 2.75) is 20.4 Å². The van der Waals surface area contributed by atoms with Crippen molar-refractivity contribution in [1.82, 2.24) is 9.78 Å². The monoisotopic (exact) mass is 304 g/mol. The van der Waals surface area contributed by atoms with Crippen LogP contribution < -0.4 is 9.47 Å². The summed E-state index contributed by atoms with van der Waals surface area (Å²) in [7, 11) is 3.21. The van der Waals surface area contributed by atoms with E-state index in [2.05, 4.69) is 5.10 Å². The minimum atomic E-state index is -0.433. The lowest BCUT2D eigenvalue weighted by Gasteiger charge is -2.11. The number of rotatable bonds is 6. The van der Waals surface area contributed by atoms with E-state index in [-0.39, 0.29) is 5.69 Å². The summed E-state index contributed by atoms with van der Waals surface area (Å²) in [5.41, 5.74) is 1.87. The number of ether oxygens (including phenoxy) is 3. The van der Waals surface area contributed by atoms with E-state index in [4.69, 9.17) is 14.2 Å². The zero-order chi connectivity index (χ0) is 16.1. The lowest BCUT2D eigenvalue weighted by Crippen LogP contribution is -2.07. The third kappa shape index (κ3) is 3.05. The predicted molar refractivity (Wildman–Crippen MR) is 82.4 cm³/mol. The van der Waals surface area contributed by atoms with Gasteiger partial charge >= 0.3 is 5.97 Å². The Hall–Kier alpha value is -2.50. The van der Waals surface area contributed by atoms with Gasteiger partial charge in [0, 0.05) is 12.1 Å². The zero-order valence-electron chi connectivity index (χ0n) is 13.3. The number of carbonyl (C=O) groups is 1. The van der Waals surface area contributed by atoms with E-state index in [0.717, 1.165) is 11.3 Å². The van der Waals surface area contributed by atoms with Crippen LogP contribution in [0.1, 0.15) is 24.3 Å². The maximum absolute atomic E-state index is 11.9. The SMILES string of the molecule is CCOC(=O)c1cc(-c2cc(OC)ccc2OC)n(CC)n1. The van der Waals surface area contributed by atoms with Crippen LogP contribution in [0.4, 0.5) is 0 Å². The first kappa shape index (κ1) is 15.9. The van der Waals surface area contributed by atoms with Crippen molar-refractivity contribution in [3.05, 3.63) is 30.0 Å². The van der Waals surface area contributed by atoms with Crippen molar-refractivity contribution in [1.29, 1.82) is 0 Å². The van der Waals surface area contributed by atoms with Crippen LogP contribution in [0.25, 0.3) is 11.3 Å². The Kier molecular flexibility index (Phi) is 5.04. The molecule has 0 aliphatic rings. The van der Waals surface area contributed by atoms with Gasteiger partial charge in [0.05, 0.1) is 26.5 Å². The van der Waals surface area contributed by atoms with Gasteiger partial charge in [-0.25, -0.2) is 4.79 Å². The molecular weight excluding hydrogens is 284 g/mol. The van der Waals surface area contributed by atoms with Crippen LogP contribution in [0.15, 0.2) is 24.3 Å². The fourth-order valence-corrected chi connectivity index (χ4v) is 2.19. The molecule has 1 heterocycles. The minimum Gasteiger partial charge on any atom is -0.497 e. The van der Waals surface area contributed by atoms with Gasteiger partial charge < -0.3 is 14.2 Å². The zero-order valence-corrected chi connectivity index (χ0v) is 13.3. The summed E-state index contributed by atoms with van der Waals surface area (Å²) in [6, 6.07) is 7.21. The fourth-order valence-electron chi connectivity index (χ4n) is 2.19. The molecule has 0 bridgehead atoms. The highest BCUT2D eigenvalue weighted by Gasteiger charge is 2.18. The Labute approximate surface area is 129 Å². The first-order valence-electron chi connectivity index (χ1n) is 7.11. The number of carbonyl (C=O) groups excluding carboxylic acids is 1. The van der Waals surface area contributed by atoms with Crippen molar-refractivity contribution in [2.75, 3.05) is 20.8 Å². The van der Waals surface area contributed by atoms with E-state index >= 15 is 0 Å². The minimum absolute atomic E-state index is 0.281. The molecule has 1 aromatic carbocycles. The molecule has 2 rings (SSSR count). The second-order valence-corrected chi connectivity index (χ2v) is 4.52. The number of hydrogen-bond acceptors (Lipinski definition) is 5. The van der Waals surface area contributed by atoms with Crippen molar-refractivity contribution in [3.8, 4) is 22.8 Å². The highest BCUT2D eigenvalue weighted by atomic mass is 16.5. The van der Waals surface area contributed by atoms with Gasteiger partial charge in [0.2, 0.25) is 0 Å². The van der Waals surface area contributed by atoms with Gasteiger partial charge in [0.25, 0.3) is 0 Å². The lowest BCUT2D eigenvalue weighted by molar-refractivity contribution is 0.0518. The summed E-state index contributed by atoms with van der Waals surface area (Å²) >= 11 is 0. The summed E-state index contributed by atoms with van der Waals surface area (Å²) in [6.07, 6.45) is 0. The summed E-state index contributed by atoms with van der Waals surface area (Å²) in [6.45, 7) is 4.66. The average molecular weight is 304 g/mol. The maximum atomic E-state index is 11.9. The van der Waals surface area contributed by atoms with Crippen LogP contribution in [0, 0.1) is 0 Å². The Morgan fingerprint density at radius 3 is 2.55 bits per heavy atom. The van der Waals surface area contributed by atoms with Crippen molar-refractivity contribution >= 4 is 5.97 Å². The molecule has 0 spiro atoms. The molecule has 0 fully saturated rings. The molecule has 0 saturated carbocycles. The average Bonchev–Trinajstić information content (AvgIpc) is 2.98. The Bertz CT molecular complexity index is 664. The standard InChI is InChI=1S/C16H20N2O4/c1-5-18-14(10-13(17-18)16(19)22-6-2)12-9-11(20-3)7-8-15(12)21-4/h7-10H,5-6H2,1-4H3. The number of methoxy groups -OCH3 is 2. The highest BCUT2D eigenvalue weighted by molar-refractivity contribution is 5.89. The number of benzene rings is 1. The van der Waals surface area contributed by atoms with E-state index in [1.807, 2.05) is 25.1 Å². The molecule has 22 heavy (non-hydrogen) atoms. The lowest BCUT2D eigenvalue weighted by atomic mass is 10.1. The Balaban J connectivity index is 2.53. The number of esters is 1. The third-order valence-electron chi connectivity index (χ3n) is 3.25. The highest BCUT2D eigenvalue weighted by Crippen LogP contribution is 2.34. The van der Waals surface area contributed by atoms with Gasteiger partial charge in [-0.1, -0.05) is 0 Å². The van der Waals surface area contributed by atoms with Gasteiger partial charge in [-0.05, 0) is 38.1 Å². The van der Waals surface area contributed by atoms with Crippen molar-refractivity contribution < 1.29 is 19.0 Å². The van der Waals surface area contributed by atoms with Crippen LogP contribution in [0.5, 0.6) is 11.5 Å². The van der Waals surface area contributed by atoms with E-state index in [1.54, 1.807) is 31.9 Å². The maximum Gasteiger partial charge on any atom is 0.358 e. The summed E-state index contributed by atoms with van der Waals surface area (Å²) in [5.74, 6) is 0.959. The summed E-state index contributed by atoms with van der Waals surface area (Å²) in [4.78, 5) is 11.9. The number of aryl methyl sites for hydroxylation is 1. The van der Waals surface area contributed by atoms with Gasteiger partial charge in [-0.3, -0.25) is 4.68 Å². The van der Waals surface area contributed by atoms with Crippen LogP contribution in [-0.4, -0.2) is 36.6 Å². The molecule has 0 atom stereocenters. The Morgan fingerprint density at radius 1 is 1.18 bits per heavy atom. The molecular formula is C16H20N2O4. The van der Waals surface area contributed by atoms with Gasteiger partial charge in [-0.2, -0.15) is 5.10 Å².